The van der Waals surface area contributed by atoms with Crippen LogP contribution in [0.3, 0.4) is 0 Å². The molecule has 0 radical (unpaired) electrons. The fourth-order valence-electron chi connectivity index (χ4n) is 3.39. The average Bonchev–Trinajstić information content (AvgIpc) is 2.69. The minimum Gasteiger partial charge on any atom is -0.0990 e. The molecule has 0 spiro atoms. The first-order valence-electron chi connectivity index (χ1n) is 8.73. The van der Waals surface area contributed by atoms with E-state index in [1.165, 1.54) is 41.8 Å². The van der Waals surface area contributed by atoms with Gasteiger partial charge in [0.15, 0.2) is 0 Å². The Labute approximate surface area is 168 Å². The number of hydrogen-bond acceptors (Lipinski definition) is 0. The zero-order valence-corrected chi connectivity index (χ0v) is 16.6. The normalized spacial score (nSPS) is 16.3. The van der Waals surface area contributed by atoms with E-state index in [4.69, 9.17) is 0 Å². The van der Waals surface area contributed by atoms with Gasteiger partial charge in [0, 0.05) is 3.58 Å². The molecular formula is C25H19I. The number of halogens is 1. The van der Waals surface area contributed by atoms with E-state index in [-0.39, 0.29) is 0 Å². The molecule has 4 rings (SSSR count). The molecule has 0 N–H and O–H groups in total. The van der Waals surface area contributed by atoms with E-state index >= 15 is 0 Å². The van der Waals surface area contributed by atoms with Crippen molar-refractivity contribution in [2.45, 2.75) is 6.42 Å². The molecule has 3 aromatic rings. The molecule has 0 saturated carbocycles. The van der Waals surface area contributed by atoms with Gasteiger partial charge in [-0.05, 0) is 79.4 Å². The summed E-state index contributed by atoms with van der Waals surface area (Å²) in [6.07, 6.45) is 13.8. The maximum absolute atomic E-state index is 3.90. The maximum atomic E-state index is 3.90. The second-order valence-corrected chi connectivity index (χ2v) is 7.67. The van der Waals surface area contributed by atoms with E-state index < -0.39 is 0 Å². The Balaban J connectivity index is 1.80. The van der Waals surface area contributed by atoms with Gasteiger partial charge >= 0.3 is 0 Å². The molecule has 1 heteroatoms. The first-order chi connectivity index (χ1) is 12.7. The fourth-order valence-corrected chi connectivity index (χ4v) is 3.79. The molecular weight excluding hydrogens is 427 g/mol. The molecule has 26 heavy (non-hydrogen) atoms. The third-order valence-corrected chi connectivity index (χ3v) is 5.51. The maximum Gasteiger partial charge on any atom is 0.00934 e. The Morgan fingerprint density at radius 3 is 2.54 bits per heavy atom. The van der Waals surface area contributed by atoms with Gasteiger partial charge in [0.1, 0.15) is 0 Å². The quantitative estimate of drug-likeness (QED) is 0.219. The molecule has 0 saturated heterocycles. The predicted molar refractivity (Wildman–Crippen MR) is 124 cm³/mol. The topological polar surface area (TPSA) is 0 Å². The van der Waals surface area contributed by atoms with E-state index in [1.807, 2.05) is 6.08 Å². The standard InChI is InChI=1S/C25H19I/c1-2-5-20(16-18-8-13-23(26)14-9-18)21-12-15-25-22(17-21)11-10-19-6-3-4-7-24(19)25/h2-8,10-17H,1,9H2/b18-16-,20-5+. The van der Waals surface area contributed by atoms with Crippen molar-refractivity contribution in [2.75, 3.05) is 0 Å². The van der Waals surface area contributed by atoms with Gasteiger partial charge in [0.2, 0.25) is 0 Å². The molecule has 126 valence electrons. The summed E-state index contributed by atoms with van der Waals surface area (Å²) in [6, 6.07) is 19.7. The minimum atomic E-state index is 0.974. The van der Waals surface area contributed by atoms with Crippen LogP contribution in [0.2, 0.25) is 0 Å². The summed E-state index contributed by atoms with van der Waals surface area (Å²) < 4.78 is 1.30. The van der Waals surface area contributed by atoms with Crippen LogP contribution in [-0.4, -0.2) is 0 Å². The Kier molecular flexibility index (Phi) is 4.89. The fraction of sp³-hybridized carbons (Fsp3) is 0.0400. The second kappa shape index (κ2) is 7.46. The summed E-state index contributed by atoms with van der Waals surface area (Å²) in [4.78, 5) is 0. The molecule has 0 heterocycles. The van der Waals surface area contributed by atoms with Crippen LogP contribution in [0.4, 0.5) is 0 Å². The Morgan fingerprint density at radius 2 is 1.73 bits per heavy atom. The molecule has 0 bridgehead atoms. The number of allylic oxidation sites excluding steroid dienone is 9. The lowest BCUT2D eigenvalue weighted by atomic mass is 9.95. The van der Waals surface area contributed by atoms with Crippen LogP contribution in [0.25, 0.3) is 27.1 Å². The average molecular weight is 446 g/mol. The van der Waals surface area contributed by atoms with Gasteiger partial charge in [-0.2, -0.15) is 0 Å². The van der Waals surface area contributed by atoms with Crippen LogP contribution < -0.4 is 0 Å². The summed E-state index contributed by atoms with van der Waals surface area (Å²) in [5.41, 5.74) is 3.73. The Hall–Kier alpha value is -2.39. The van der Waals surface area contributed by atoms with Crippen molar-refractivity contribution in [1.29, 1.82) is 0 Å². The second-order valence-electron chi connectivity index (χ2n) is 6.43. The van der Waals surface area contributed by atoms with Gasteiger partial charge in [-0.3, -0.25) is 0 Å². The third kappa shape index (κ3) is 3.45. The van der Waals surface area contributed by atoms with Gasteiger partial charge in [0.25, 0.3) is 0 Å². The number of rotatable bonds is 3. The van der Waals surface area contributed by atoms with Crippen molar-refractivity contribution in [3.8, 4) is 0 Å². The molecule has 1 aliphatic carbocycles. The molecule has 0 atom stereocenters. The van der Waals surface area contributed by atoms with Crippen molar-refractivity contribution < 1.29 is 0 Å². The van der Waals surface area contributed by atoms with E-state index in [1.54, 1.807) is 0 Å². The van der Waals surface area contributed by atoms with Crippen molar-refractivity contribution in [1.82, 2.24) is 0 Å². The molecule has 0 fully saturated rings. The highest BCUT2D eigenvalue weighted by molar-refractivity contribution is 14.1. The lowest BCUT2D eigenvalue weighted by molar-refractivity contribution is 1.26. The van der Waals surface area contributed by atoms with Gasteiger partial charge in [-0.15, -0.1) is 0 Å². The smallest absolute Gasteiger partial charge is 0.00934 e. The Bertz CT molecular complexity index is 1120. The van der Waals surface area contributed by atoms with Crippen LogP contribution in [0.1, 0.15) is 12.0 Å². The van der Waals surface area contributed by atoms with Crippen LogP contribution in [0.5, 0.6) is 0 Å². The van der Waals surface area contributed by atoms with Gasteiger partial charge in [-0.1, -0.05) is 85.5 Å². The van der Waals surface area contributed by atoms with Crippen molar-refractivity contribution in [2.24, 2.45) is 0 Å². The van der Waals surface area contributed by atoms with Gasteiger partial charge in [-0.25, -0.2) is 0 Å². The summed E-state index contributed by atoms with van der Waals surface area (Å²) in [7, 11) is 0. The van der Waals surface area contributed by atoms with Gasteiger partial charge < -0.3 is 0 Å². The van der Waals surface area contributed by atoms with Gasteiger partial charge in [0.05, 0.1) is 0 Å². The van der Waals surface area contributed by atoms with E-state index in [0.717, 1.165) is 6.42 Å². The lowest BCUT2D eigenvalue weighted by Gasteiger charge is -2.10. The highest BCUT2D eigenvalue weighted by atomic mass is 127. The molecule has 0 aliphatic heterocycles. The summed E-state index contributed by atoms with van der Waals surface area (Å²) in [5, 5.41) is 5.15. The van der Waals surface area contributed by atoms with Crippen LogP contribution in [-0.2, 0) is 0 Å². The van der Waals surface area contributed by atoms with Crippen LogP contribution in [0.15, 0.2) is 107 Å². The lowest BCUT2D eigenvalue weighted by Crippen LogP contribution is -1.88. The first-order valence-corrected chi connectivity index (χ1v) is 9.81. The van der Waals surface area contributed by atoms with Crippen LogP contribution in [0, 0.1) is 0 Å². The summed E-state index contributed by atoms with van der Waals surface area (Å²) in [6.45, 7) is 3.90. The third-order valence-electron chi connectivity index (χ3n) is 4.71. The van der Waals surface area contributed by atoms with Crippen molar-refractivity contribution in [3.63, 3.8) is 0 Å². The summed E-state index contributed by atoms with van der Waals surface area (Å²) >= 11 is 2.36. The molecule has 1 aliphatic rings. The number of hydrogen-bond donors (Lipinski definition) is 0. The zero-order valence-electron chi connectivity index (χ0n) is 14.5. The molecule has 0 aromatic heterocycles. The number of fused-ring (bicyclic) bond motifs is 3. The Morgan fingerprint density at radius 1 is 0.923 bits per heavy atom. The van der Waals surface area contributed by atoms with Crippen molar-refractivity contribution >= 4 is 49.7 Å². The molecule has 0 nitrogen and oxygen atoms in total. The monoisotopic (exact) mass is 446 g/mol. The highest BCUT2D eigenvalue weighted by Crippen LogP contribution is 2.30. The molecule has 0 unspecified atom stereocenters. The number of benzene rings is 3. The largest absolute Gasteiger partial charge is 0.0990 e. The SMILES string of the molecule is C=C/C=C(\C=C1\C=CC(I)=CC1)c1ccc2c(ccc3ccccc32)c1. The predicted octanol–water partition coefficient (Wildman–Crippen LogP) is 7.77. The van der Waals surface area contributed by atoms with Crippen molar-refractivity contribution in [3.05, 3.63) is 112 Å². The zero-order chi connectivity index (χ0) is 17.9. The van der Waals surface area contributed by atoms with E-state index in [9.17, 15) is 0 Å². The summed E-state index contributed by atoms with van der Waals surface area (Å²) in [5.74, 6) is 0. The molecule has 0 amide bonds. The van der Waals surface area contributed by atoms with Crippen LogP contribution >= 0.6 is 22.6 Å². The van der Waals surface area contributed by atoms with E-state index in [2.05, 4.69) is 114 Å². The minimum absolute atomic E-state index is 0.974. The molecule has 3 aromatic carbocycles. The first kappa shape index (κ1) is 17.0. The van der Waals surface area contributed by atoms with E-state index in [0.29, 0.717) is 0 Å². The highest BCUT2D eigenvalue weighted by Gasteiger charge is 2.06.